The van der Waals surface area contributed by atoms with Gasteiger partial charge in [0.25, 0.3) is 0 Å². The average Bonchev–Trinajstić information content (AvgIpc) is 2.01. The van der Waals surface area contributed by atoms with Gasteiger partial charge in [0.15, 0.2) is 0 Å². The van der Waals surface area contributed by atoms with Crippen LogP contribution in [0.3, 0.4) is 0 Å². The quantitative estimate of drug-likeness (QED) is 0.282. The molecule has 0 radical (unpaired) electrons. The predicted octanol–water partition coefficient (Wildman–Crippen LogP) is 0.958. The highest BCUT2D eigenvalue weighted by Crippen LogP contribution is 1.88. The Morgan fingerprint density at radius 3 is 2.91 bits per heavy atom. The van der Waals surface area contributed by atoms with Crippen LogP contribution in [0.5, 0.6) is 0 Å². The average molecular weight is 150 g/mol. The zero-order valence-electron chi connectivity index (χ0n) is 6.64. The molecule has 1 N–H and O–H groups in total. The van der Waals surface area contributed by atoms with Crippen molar-refractivity contribution >= 4 is 0 Å². The maximum absolute atomic E-state index is 8.27. The van der Waals surface area contributed by atoms with E-state index in [4.69, 9.17) is 10.00 Å². The van der Waals surface area contributed by atoms with Crippen molar-refractivity contribution in [2.24, 2.45) is 0 Å². The van der Waals surface area contributed by atoms with Crippen molar-refractivity contribution < 1.29 is 4.74 Å². The second kappa shape index (κ2) is 6.51. The molecule has 3 heteroatoms. The lowest BCUT2D eigenvalue weighted by Gasteiger charge is -2.03. The van der Waals surface area contributed by atoms with Crippen LogP contribution in [0, 0.1) is 23.3 Å². The summed E-state index contributed by atoms with van der Waals surface area (Å²) in [5, 5.41) is 10.9. The van der Waals surface area contributed by atoms with Gasteiger partial charge in [-0.05, 0) is 13.8 Å². The summed E-state index contributed by atoms with van der Waals surface area (Å²) in [6, 6.07) is 4.42. The smallest absolute Gasteiger partial charge is 0.209 e. The highest BCUT2D eigenvalue weighted by molar-refractivity contribution is 5.11. The maximum atomic E-state index is 8.27. The minimum absolute atomic E-state index is 0.393. The topological polar surface area (TPSA) is 45.0 Å². The van der Waals surface area contributed by atoms with E-state index in [0.29, 0.717) is 12.5 Å². The monoisotopic (exact) mass is 150 g/mol. The molecule has 3 nitrogen and oxygen atoms in total. The first kappa shape index (κ1) is 9.39. The first-order valence-corrected chi connectivity index (χ1v) is 3.25. The predicted molar refractivity (Wildman–Crippen MR) is 41.9 cm³/mol. The number of hydrogen-bond acceptors (Lipinski definition) is 3. The Morgan fingerprint density at radius 1 is 1.73 bits per heavy atom. The third-order valence-corrected chi connectivity index (χ3v) is 0.806. The van der Waals surface area contributed by atoms with Gasteiger partial charge in [-0.25, -0.2) is 0 Å². The Balaban J connectivity index is 3.99. The van der Waals surface area contributed by atoms with Crippen molar-refractivity contribution in [1.29, 1.82) is 5.26 Å². The highest BCUT2D eigenvalue weighted by Gasteiger charge is 1.90. The lowest BCUT2D eigenvalue weighted by Crippen LogP contribution is -2.08. The number of nitriles is 1. The maximum Gasteiger partial charge on any atom is 0.209 e. The van der Waals surface area contributed by atoms with E-state index in [-0.39, 0.29) is 0 Å². The van der Waals surface area contributed by atoms with E-state index >= 15 is 0 Å². The van der Waals surface area contributed by atoms with Crippen LogP contribution in [-0.2, 0) is 4.74 Å². The standard InChI is InChI=1S/C8H10N2O/c1-3-7-10-8(5-6-9)11-4-2/h5,10H,4H2,1-2H3. The van der Waals surface area contributed by atoms with Gasteiger partial charge < -0.3 is 4.74 Å². The van der Waals surface area contributed by atoms with Gasteiger partial charge in [0, 0.05) is 6.04 Å². The van der Waals surface area contributed by atoms with Crippen molar-refractivity contribution in [3.05, 3.63) is 12.0 Å². The molecule has 0 bridgehead atoms. The summed E-state index contributed by atoms with van der Waals surface area (Å²) >= 11 is 0. The van der Waals surface area contributed by atoms with Crippen molar-refractivity contribution in [2.45, 2.75) is 13.8 Å². The minimum Gasteiger partial charge on any atom is -0.478 e. The normalized spacial score (nSPS) is 9.00. The first-order valence-electron chi connectivity index (χ1n) is 3.25. The number of ether oxygens (including phenoxy) is 1. The minimum atomic E-state index is 0.393. The fraction of sp³-hybridized carbons (Fsp3) is 0.375. The molecule has 0 saturated heterocycles. The molecule has 0 saturated carbocycles. The van der Waals surface area contributed by atoms with Crippen molar-refractivity contribution in [1.82, 2.24) is 5.32 Å². The fourth-order valence-corrected chi connectivity index (χ4v) is 0.452. The van der Waals surface area contributed by atoms with Gasteiger partial charge in [0.1, 0.15) is 0 Å². The molecule has 0 heterocycles. The van der Waals surface area contributed by atoms with E-state index in [1.807, 2.05) is 13.0 Å². The molecule has 0 aliphatic rings. The van der Waals surface area contributed by atoms with Gasteiger partial charge in [0.2, 0.25) is 5.88 Å². The Morgan fingerprint density at radius 2 is 2.45 bits per heavy atom. The molecule has 0 spiro atoms. The summed E-state index contributed by atoms with van der Waals surface area (Å²) in [6.07, 6.45) is 1.27. The van der Waals surface area contributed by atoms with Crippen molar-refractivity contribution in [2.75, 3.05) is 6.61 Å². The number of hydrogen-bond donors (Lipinski definition) is 1. The van der Waals surface area contributed by atoms with Crippen molar-refractivity contribution in [3.63, 3.8) is 0 Å². The second-order valence-corrected chi connectivity index (χ2v) is 1.57. The number of allylic oxidation sites excluding steroid dienone is 1. The molecular formula is C8H10N2O. The van der Waals surface area contributed by atoms with Crippen LogP contribution in [0.25, 0.3) is 0 Å². The van der Waals surface area contributed by atoms with E-state index in [1.54, 1.807) is 6.92 Å². The van der Waals surface area contributed by atoms with Crippen LogP contribution in [0.4, 0.5) is 0 Å². The molecule has 0 atom stereocenters. The molecule has 0 aromatic rings. The summed E-state index contributed by atoms with van der Waals surface area (Å²) in [5.74, 6) is 3.02. The van der Waals surface area contributed by atoms with Gasteiger partial charge in [-0.1, -0.05) is 5.92 Å². The van der Waals surface area contributed by atoms with E-state index in [9.17, 15) is 0 Å². The Labute approximate surface area is 66.7 Å². The summed E-state index contributed by atoms with van der Waals surface area (Å²) < 4.78 is 5.01. The van der Waals surface area contributed by atoms with Gasteiger partial charge in [0.05, 0.1) is 18.8 Å². The zero-order valence-corrected chi connectivity index (χ0v) is 6.64. The van der Waals surface area contributed by atoms with E-state index in [0.717, 1.165) is 0 Å². The third-order valence-electron chi connectivity index (χ3n) is 0.806. The molecule has 0 unspecified atom stereocenters. The molecule has 0 rings (SSSR count). The molecule has 0 aliphatic heterocycles. The summed E-state index contributed by atoms with van der Waals surface area (Å²) in [7, 11) is 0. The number of nitrogens with zero attached hydrogens (tertiary/aromatic N) is 1. The van der Waals surface area contributed by atoms with Crippen LogP contribution in [0.1, 0.15) is 13.8 Å². The van der Waals surface area contributed by atoms with Crippen LogP contribution >= 0.6 is 0 Å². The molecule has 0 aromatic heterocycles. The largest absolute Gasteiger partial charge is 0.478 e. The summed E-state index contributed by atoms with van der Waals surface area (Å²) in [5.41, 5.74) is 0. The number of nitrogens with one attached hydrogen (secondary N) is 1. The van der Waals surface area contributed by atoms with Crippen LogP contribution in [0.2, 0.25) is 0 Å². The zero-order chi connectivity index (χ0) is 8.53. The van der Waals surface area contributed by atoms with Crippen LogP contribution in [-0.4, -0.2) is 6.61 Å². The van der Waals surface area contributed by atoms with Gasteiger partial charge in [-0.15, -0.1) is 0 Å². The molecule has 11 heavy (non-hydrogen) atoms. The summed E-state index contributed by atoms with van der Waals surface area (Å²) in [4.78, 5) is 0. The molecule has 0 aromatic carbocycles. The fourth-order valence-electron chi connectivity index (χ4n) is 0.452. The van der Waals surface area contributed by atoms with Gasteiger partial charge in [-0.3, -0.25) is 5.32 Å². The third kappa shape index (κ3) is 4.87. The van der Waals surface area contributed by atoms with Gasteiger partial charge >= 0.3 is 0 Å². The van der Waals surface area contributed by atoms with Crippen LogP contribution < -0.4 is 5.32 Å². The Bertz CT molecular complexity index is 227. The SMILES string of the molecule is CC#CNC(=CC#N)OCC. The van der Waals surface area contributed by atoms with E-state index in [1.165, 1.54) is 6.08 Å². The Kier molecular flexibility index (Phi) is 5.56. The first-order chi connectivity index (χ1) is 5.35. The number of rotatable bonds is 3. The molecular weight excluding hydrogens is 140 g/mol. The molecule has 0 aliphatic carbocycles. The lowest BCUT2D eigenvalue weighted by molar-refractivity contribution is 0.216. The second-order valence-electron chi connectivity index (χ2n) is 1.57. The van der Waals surface area contributed by atoms with Crippen LogP contribution in [0.15, 0.2) is 12.0 Å². The molecule has 58 valence electrons. The molecule has 0 fully saturated rings. The van der Waals surface area contributed by atoms with Crippen molar-refractivity contribution in [3.8, 4) is 18.0 Å². The van der Waals surface area contributed by atoms with Gasteiger partial charge in [-0.2, -0.15) is 5.26 Å². The van der Waals surface area contributed by atoms with E-state index < -0.39 is 0 Å². The van der Waals surface area contributed by atoms with E-state index in [2.05, 4.69) is 17.3 Å². The molecule has 0 amide bonds. The lowest BCUT2D eigenvalue weighted by atomic mass is 10.6. The summed E-state index contributed by atoms with van der Waals surface area (Å²) in [6.45, 7) is 4.06. The highest BCUT2D eigenvalue weighted by atomic mass is 16.5. The Hall–Kier alpha value is -1.61.